The summed E-state index contributed by atoms with van der Waals surface area (Å²) >= 11 is 0. The van der Waals surface area contributed by atoms with E-state index in [1.165, 1.54) is 0 Å². The van der Waals surface area contributed by atoms with E-state index in [0.717, 1.165) is 10.8 Å². The molecule has 0 saturated carbocycles. The Kier molecular flexibility index (Phi) is 2.00. The van der Waals surface area contributed by atoms with Gasteiger partial charge in [-0.2, -0.15) is 0 Å². The first-order valence-corrected chi connectivity index (χ1v) is 4.04. The molecule has 2 aromatic carbocycles. The first-order chi connectivity index (χ1) is 6.27. The number of hydrogen-bond acceptors (Lipinski definition) is 2. The van der Waals surface area contributed by atoms with Crippen molar-refractivity contribution < 1.29 is 10.2 Å². The van der Waals surface area contributed by atoms with Gasteiger partial charge in [0.25, 0.3) is 0 Å². The minimum atomic E-state index is -1.44. The highest BCUT2D eigenvalue weighted by atomic mass is 16.5. The van der Waals surface area contributed by atoms with Gasteiger partial charge in [-0.1, -0.05) is 36.4 Å². The van der Waals surface area contributed by atoms with Crippen molar-refractivity contribution in [3.8, 4) is 0 Å². The van der Waals surface area contributed by atoms with Crippen LogP contribution in [0.15, 0.2) is 36.4 Å². The zero-order chi connectivity index (χ0) is 9.26. The van der Waals surface area contributed by atoms with Crippen LogP contribution in [-0.4, -0.2) is 10.2 Å². The van der Waals surface area contributed by atoms with Crippen LogP contribution in [0.25, 0.3) is 10.8 Å². The number of rotatable bonds is 1. The molecule has 0 aliphatic heterocycles. The summed E-state index contributed by atoms with van der Waals surface area (Å²) in [4.78, 5) is 0. The molecule has 0 aliphatic carbocycles. The highest BCUT2D eigenvalue weighted by molar-refractivity contribution is 5.82. The number of hydrogen-bond donors (Lipinski definition) is 2. The van der Waals surface area contributed by atoms with Crippen molar-refractivity contribution in [2.75, 3.05) is 0 Å². The van der Waals surface area contributed by atoms with Gasteiger partial charge in [0.1, 0.15) is 0 Å². The van der Waals surface area contributed by atoms with Crippen molar-refractivity contribution in [1.82, 2.24) is 0 Å². The van der Waals surface area contributed by atoms with E-state index in [1.807, 2.05) is 30.3 Å². The van der Waals surface area contributed by atoms with E-state index in [1.54, 1.807) is 6.07 Å². The maximum absolute atomic E-state index is 8.91. The molecule has 0 aromatic heterocycles. The second kappa shape index (κ2) is 3.17. The van der Waals surface area contributed by atoms with E-state index >= 15 is 0 Å². The Hall–Kier alpha value is -1.38. The van der Waals surface area contributed by atoms with Gasteiger partial charge in [-0.15, -0.1) is 0 Å². The van der Waals surface area contributed by atoms with Crippen LogP contribution < -0.4 is 0 Å². The molecule has 1 radical (unpaired) electrons. The molecule has 0 amide bonds. The molecule has 0 bridgehead atoms. The lowest BCUT2D eigenvalue weighted by molar-refractivity contribution is -0.0425. The molecular weight excluding hydrogens is 164 g/mol. The topological polar surface area (TPSA) is 40.5 Å². The van der Waals surface area contributed by atoms with Gasteiger partial charge in [0.05, 0.1) is 0 Å². The lowest BCUT2D eigenvalue weighted by Gasteiger charge is -2.03. The fraction of sp³-hybridized carbons (Fsp3) is 0.0909. The molecule has 65 valence electrons. The van der Waals surface area contributed by atoms with E-state index in [9.17, 15) is 0 Å². The second-order valence-electron chi connectivity index (χ2n) is 2.87. The zero-order valence-electron chi connectivity index (χ0n) is 6.94. The monoisotopic (exact) mass is 173 g/mol. The van der Waals surface area contributed by atoms with Crippen LogP contribution in [0.1, 0.15) is 11.9 Å². The maximum atomic E-state index is 8.91. The summed E-state index contributed by atoms with van der Waals surface area (Å²) in [7, 11) is 0. The van der Waals surface area contributed by atoms with E-state index in [2.05, 4.69) is 6.07 Å². The third-order valence-electron chi connectivity index (χ3n) is 1.96. The average Bonchev–Trinajstić information content (AvgIpc) is 2.17. The lowest BCUT2D eigenvalue weighted by atomic mass is 10.1. The zero-order valence-corrected chi connectivity index (χ0v) is 6.94. The highest BCUT2D eigenvalue weighted by Gasteiger charge is 2.02. The Labute approximate surface area is 76.1 Å². The van der Waals surface area contributed by atoms with Gasteiger partial charge in [-0.25, -0.2) is 0 Å². The first kappa shape index (κ1) is 8.23. The van der Waals surface area contributed by atoms with Crippen molar-refractivity contribution in [3.63, 3.8) is 0 Å². The summed E-state index contributed by atoms with van der Waals surface area (Å²) in [5, 5.41) is 19.8. The van der Waals surface area contributed by atoms with E-state index in [0.29, 0.717) is 5.56 Å². The number of aliphatic hydroxyl groups is 2. The Morgan fingerprint density at radius 3 is 2.54 bits per heavy atom. The second-order valence-corrected chi connectivity index (χ2v) is 2.87. The summed E-state index contributed by atoms with van der Waals surface area (Å²) in [5.41, 5.74) is 0.402. The minimum Gasteiger partial charge on any atom is -0.364 e. The standard InChI is InChI=1S/C11H9O2/c12-11(13)10-6-5-8-3-1-2-4-9(8)7-10/h1-6,11-13H. The molecule has 0 heterocycles. The van der Waals surface area contributed by atoms with Crippen molar-refractivity contribution in [2.24, 2.45) is 0 Å². The maximum Gasteiger partial charge on any atom is 0.179 e. The third-order valence-corrected chi connectivity index (χ3v) is 1.96. The highest BCUT2D eigenvalue weighted by Crippen LogP contribution is 2.17. The van der Waals surface area contributed by atoms with Gasteiger partial charge >= 0.3 is 0 Å². The largest absolute Gasteiger partial charge is 0.364 e. The van der Waals surface area contributed by atoms with Crippen LogP contribution in [0.2, 0.25) is 0 Å². The van der Waals surface area contributed by atoms with Gasteiger partial charge in [-0.3, -0.25) is 0 Å². The van der Waals surface area contributed by atoms with E-state index in [-0.39, 0.29) is 0 Å². The number of fused-ring (bicyclic) bond motifs is 1. The summed E-state index contributed by atoms with van der Waals surface area (Å²) in [6, 6.07) is 14.1. The molecule has 13 heavy (non-hydrogen) atoms. The predicted octanol–water partition coefficient (Wildman–Crippen LogP) is 1.62. The van der Waals surface area contributed by atoms with Crippen LogP contribution in [-0.2, 0) is 0 Å². The SMILES string of the molecule is OC(O)c1[c]c2ccccc2cc1. The molecule has 2 heteroatoms. The number of benzene rings is 2. The molecule has 2 aromatic rings. The van der Waals surface area contributed by atoms with Crippen molar-refractivity contribution in [2.45, 2.75) is 6.29 Å². The van der Waals surface area contributed by atoms with Gasteiger partial charge in [0, 0.05) is 5.56 Å². The molecule has 2 nitrogen and oxygen atoms in total. The van der Waals surface area contributed by atoms with Crippen molar-refractivity contribution in [3.05, 3.63) is 48.0 Å². The van der Waals surface area contributed by atoms with Crippen LogP contribution >= 0.6 is 0 Å². The van der Waals surface area contributed by atoms with Gasteiger partial charge in [0.15, 0.2) is 6.29 Å². The van der Waals surface area contributed by atoms with Gasteiger partial charge < -0.3 is 10.2 Å². The van der Waals surface area contributed by atoms with Crippen LogP contribution in [0.4, 0.5) is 0 Å². The number of aliphatic hydroxyl groups excluding tert-OH is 1. The van der Waals surface area contributed by atoms with Crippen LogP contribution in [0.3, 0.4) is 0 Å². The Morgan fingerprint density at radius 1 is 1.00 bits per heavy atom. The molecule has 0 spiro atoms. The van der Waals surface area contributed by atoms with Gasteiger partial charge in [-0.05, 0) is 16.8 Å². The summed E-state index contributed by atoms with van der Waals surface area (Å²) in [5.74, 6) is 0. The Bertz CT molecular complexity index is 421. The normalized spacial score (nSPS) is 11.0. The van der Waals surface area contributed by atoms with E-state index in [4.69, 9.17) is 10.2 Å². The molecule has 0 atom stereocenters. The molecular formula is C11H9O2. The van der Waals surface area contributed by atoms with Gasteiger partial charge in [0.2, 0.25) is 0 Å². The predicted molar refractivity (Wildman–Crippen MR) is 50.0 cm³/mol. The summed E-state index contributed by atoms with van der Waals surface area (Å²) in [6.07, 6.45) is -1.44. The smallest absolute Gasteiger partial charge is 0.179 e. The third kappa shape index (κ3) is 1.54. The van der Waals surface area contributed by atoms with E-state index < -0.39 is 6.29 Å². The molecule has 0 saturated heterocycles. The van der Waals surface area contributed by atoms with Crippen molar-refractivity contribution >= 4 is 10.8 Å². The minimum absolute atomic E-state index is 0.402. The quantitative estimate of drug-likeness (QED) is 0.643. The fourth-order valence-electron chi connectivity index (χ4n) is 1.28. The van der Waals surface area contributed by atoms with Crippen LogP contribution in [0, 0.1) is 6.07 Å². The Balaban J connectivity index is 2.62. The lowest BCUT2D eigenvalue weighted by Crippen LogP contribution is -1.94. The van der Waals surface area contributed by atoms with Crippen molar-refractivity contribution in [1.29, 1.82) is 0 Å². The molecule has 0 aliphatic rings. The summed E-state index contributed by atoms with van der Waals surface area (Å²) < 4.78 is 0. The van der Waals surface area contributed by atoms with Crippen LogP contribution in [0.5, 0.6) is 0 Å². The average molecular weight is 173 g/mol. The molecule has 0 unspecified atom stereocenters. The Morgan fingerprint density at radius 2 is 1.77 bits per heavy atom. The molecule has 2 rings (SSSR count). The molecule has 2 N–H and O–H groups in total. The summed E-state index contributed by atoms with van der Waals surface area (Å²) in [6.45, 7) is 0. The molecule has 0 fully saturated rings. The fourth-order valence-corrected chi connectivity index (χ4v) is 1.28. The first-order valence-electron chi connectivity index (χ1n) is 4.04.